The molecule has 2 aliphatic rings. The van der Waals surface area contributed by atoms with Gasteiger partial charge in [-0.05, 0) is 67.0 Å². The Morgan fingerprint density at radius 3 is 2.38 bits per heavy atom. The molecule has 3 aromatic carbocycles. The van der Waals surface area contributed by atoms with Gasteiger partial charge in [-0.15, -0.1) is 0 Å². The Morgan fingerprint density at radius 2 is 1.65 bits per heavy atom. The lowest BCUT2D eigenvalue weighted by Gasteiger charge is -2.43. The first-order chi connectivity index (χ1) is 18.1. The molecule has 0 radical (unpaired) electrons. The third kappa shape index (κ3) is 7.15. The van der Waals surface area contributed by atoms with E-state index in [1.54, 1.807) is 6.07 Å². The minimum absolute atomic E-state index is 0.0183. The molecule has 1 fully saturated rings. The molecule has 1 aliphatic heterocycles. The van der Waals surface area contributed by atoms with Crippen LogP contribution >= 0.6 is 23.2 Å². The van der Waals surface area contributed by atoms with E-state index in [9.17, 15) is 9.59 Å². The van der Waals surface area contributed by atoms with Gasteiger partial charge in [-0.2, -0.15) is 0 Å². The van der Waals surface area contributed by atoms with Gasteiger partial charge < -0.3 is 10.2 Å². The second-order valence-corrected chi connectivity index (χ2v) is 10.6. The predicted molar refractivity (Wildman–Crippen MR) is 151 cm³/mol. The van der Waals surface area contributed by atoms with Crippen LogP contribution in [-0.4, -0.2) is 29.8 Å². The highest BCUT2D eigenvalue weighted by Crippen LogP contribution is 2.40. The molecular formula is C31H34Cl2N2O2. The number of fused-ring (bicyclic) bond motifs is 1. The molecule has 4 nitrogen and oxygen atoms in total. The van der Waals surface area contributed by atoms with Crippen LogP contribution in [0.4, 0.5) is 0 Å². The zero-order valence-electron chi connectivity index (χ0n) is 21.0. The SMILES string of the molecule is O=C1c2ccccc2CC(c2ccc(Cl)cc2Cl)N1C1CCCCC1.O=CNCCCc1ccccc1. The highest BCUT2D eigenvalue weighted by molar-refractivity contribution is 6.35. The minimum atomic E-state index is -0.0183. The number of halogens is 2. The molecule has 2 amide bonds. The topological polar surface area (TPSA) is 49.4 Å². The minimum Gasteiger partial charge on any atom is -0.359 e. The molecule has 194 valence electrons. The zero-order chi connectivity index (χ0) is 26.0. The van der Waals surface area contributed by atoms with E-state index in [1.165, 1.54) is 24.8 Å². The van der Waals surface area contributed by atoms with Crippen molar-refractivity contribution < 1.29 is 9.59 Å². The number of amides is 2. The summed E-state index contributed by atoms with van der Waals surface area (Å²) in [6.45, 7) is 0.762. The van der Waals surface area contributed by atoms with Crippen LogP contribution in [0.5, 0.6) is 0 Å². The molecule has 1 atom stereocenters. The molecule has 37 heavy (non-hydrogen) atoms. The quantitative estimate of drug-likeness (QED) is 0.252. The summed E-state index contributed by atoms with van der Waals surface area (Å²) in [5.41, 5.74) is 4.27. The molecule has 0 aromatic heterocycles. The van der Waals surface area contributed by atoms with Crippen molar-refractivity contribution in [2.24, 2.45) is 0 Å². The van der Waals surface area contributed by atoms with Crippen molar-refractivity contribution in [1.29, 1.82) is 0 Å². The summed E-state index contributed by atoms with van der Waals surface area (Å²) >= 11 is 12.6. The van der Waals surface area contributed by atoms with Crippen LogP contribution < -0.4 is 5.32 Å². The van der Waals surface area contributed by atoms with E-state index >= 15 is 0 Å². The van der Waals surface area contributed by atoms with Gasteiger partial charge in [-0.1, -0.05) is 97.1 Å². The van der Waals surface area contributed by atoms with Gasteiger partial charge in [0.25, 0.3) is 5.91 Å². The van der Waals surface area contributed by atoms with Gasteiger partial charge in [-0.3, -0.25) is 9.59 Å². The summed E-state index contributed by atoms with van der Waals surface area (Å²) in [4.78, 5) is 25.3. The third-order valence-electron chi connectivity index (χ3n) is 7.23. The molecule has 3 aromatic rings. The molecule has 0 spiro atoms. The lowest BCUT2D eigenvalue weighted by atomic mass is 9.85. The average molecular weight is 538 g/mol. The van der Waals surface area contributed by atoms with Gasteiger partial charge in [0.15, 0.2) is 0 Å². The lowest BCUT2D eigenvalue weighted by Crippen LogP contribution is -2.47. The van der Waals surface area contributed by atoms with Crippen LogP contribution in [0.2, 0.25) is 10.0 Å². The Labute approximate surface area is 230 Å². The van der Waals surface area contributed by atoms with Crippen LogP contribution in [0.1, 0.15) is 71.6 Å². The van der Waals surface area contributed by atoms with Gasteiger partial charge in [0.1, 0.15) is 0 Å². The maximum atomic E-state index is 13.3. The number of carbonyl (C=O) groups is 2. The van der Waals surface area contributed by atoms with E-state index in [4.69, 9.17) is 23.2 Å². The van der Waals surface area contributed by atoms with Gasteiger partial charge in [-0.25, -0.2) is 0 Å². The van der Waals surface area contributed by atoms with Crippen LogP contribution in [0.15, 0.2) is 72.8 Å². The summed E-state index contributed by atoms with van der Waals surface area (Å²) in [5.74, 6) is 0.143. The number of nitrogens with one attached hydrogen (secondary N) is 1. The summed E-state index contributed by atoms with van der Waals surface area (Å²) in [5, 5.41) is 3.91. The van der Waals surface area contributed by atoms with Crippen LogP contribution in [0.3, 0.4) is 0 Å². The first-order valence-corrected chi connectivity index (χ1v) is 13.9. The maximum Gasteiger partial charge on any atom is 0.254 e. The summed E-state index contributed by atoms with van der Waals surface area (Å²) in [7, 11) is 0. The molecule has 5 rings (SSSR count). The summed E-state index contributed by atoms with van der Waals surface area (Å²) < 4.78 is 0. The standard InChI is InChI=1S/C21H21Cl2NO.C10H13NO/c22-15-10-11-18(19(23)13-15)20-12-14-6-4-5-9-17(14)21(25)24(20)16-7-2-1-3-8-16;12-9-11-8-4-7-10-5-2-1-3-6-10/h4-6,9-11,13,16,20H,1-3,7-8,12H2;1-3,5-6,9H,4,7-8H2,(H,11,12). The number of aryl methyl sites for hydroxylation is 1. The van der Waals surface area contributed by atoms with Crippen LogP contribution in [0, 0.1) is 0 Å². The Morgan fingerprint density at radius 1 is 0.919 bits per heavy atom. The molecule has 1 saturated carbocycles. The second-order valence-electron chi connectivity index (χ2n) is 9.71. The third-order valence-corrected chi connectivity index (χ3v) is 7.80. The first-order valence-electron chi connectivity index (χ1n) is 13.1. The molecule has 6 heteroatoms. The molecule has 1 unspecified atom stereocenters. The predicted octanol–water partition coefficient (Wildman–Crippen LogP) is 7.43. The van der Waals surface area contributed by atoms with Crippen molar-refractivity contribution in [3.8, 4) is 0 Å². The Bertz CT molecular complexity index is 1180. The lowest BCUT2D eigenvalue weighted by molar-refractivity contribution is -0.109. The van der Waals surface area contributed by atoms with E-state index in [0.29, 0.717) is 16.1 Å². The monoisotopic (exact) mass is 536 g/mol. The van der Waals surface area contributed by atoms with Crippen LogP contribution in [-0.2, 0) is 17.6 Å². The van der Waals surface area contributed by atoms with E-state index in [1.807, 2.05) is 48.5 Å². The van der Waals surface area contributed by atoms with Gasteiger partial charge in [0, 0.05) is 28.2 Å². The first kappa shape index (κ1) is 27.2. The average Bonchev–Trinajstić information content (AvgIpc) is 2.93. The highest BCUT2D eigenvalue weighted by atomic mass is 35.5. The fourth-order valence-electron chi connectivity index (χ4n) is 5.40. The van der Waals surface area contributed by atoms with E-state index in [2.05, 4.69) is 28.4 Å². The normalized spacial score (nSPS) is 17.4. The highest BCUT2D eigenvalue weighted by Gasteiger charge is 2.38. The number of benzene rings is 3. The Balaban J connectivity index is 0.000000225. The van der Waals surface area contributed by atoms with E-state index in [0.717, 1.165) is 61.7 Å². The van der Waals surface area contributed by atoms with Crippen LogP contribution in [0.25, 0.3) is 0 Å². The largest absolute Gasteiger partial charge is 0.359 e. The number of hydrogen-bond acceptors (Lipinski definition) is 2. The van der Waals surface area contributed by atoms with Crippen molar-refractivity contribution in [3.63, 3.8) is 0 Å². The molecule has 0 saturated heterocycles. The Hall–Kier alpha value is -2.82. The van der Waals surface area contributed by atoms with E-state index < -0.39 is 0 Å². The van der Waals surface area contributed by atoms with Gasteiger partial charge in [0.05, 0.1) is 6.04 Å². The number of rotatable bonds is 7. The number of carbonyl (C=O) groups excluding carboxylic acids is 2. The number of hydrogen-bond donors (Lipinski definition) is 1. The maximum absolute atomic E-state index is 13.3. The Kier molecular flexibility index (Phi) is 10.0. The fourth-order valence-corrected chi connectivity index (χ4v) is 5.94. The van der Waals surface area contributed by atoms with Gasteiger partial charge >= 0.3 is 0 Å². The molecule has 1 heterocycles. The molecular weight excluding hydrogens is 503 g/mol. The smallest absolute Gasteiger partial charge is 0.254 e. The van der Waals surface area contributed by atoms with Crippen molar-refractivity contribution in [2.45, 2.75) is 63.5 Å². The van der Waals surface area contributed by atoms with Crippen molar-refractivity contribution in [2.75, 3.05) is 6.54 Å². The molecule has 1 aliphatic carbocycles. The van der Waals surface area contributed by atoms with Gasteiger partial charge in [0.2, 0.25) is 6.41 Å². The van der Waals surface area contributed by atoms with E-state index in [-0.39, 0.29) is 11.9 Å². The second kappa shape index (κ2) is 13.6. The van der Waals surface area contributed by atoms with Crippen molar-refractivity contribution >= 4 is 35.5 Å². The zero-order valence-corrected chi connectivity index (χ0v) is 22.6. The van der Waals surface area contributed by atoms with Crippen molar-refractivity contribution in [3.05, 3.63) is 105 Å². The summed E-state index contributed by atoms with van der Waals surface area (Å²) in [6, 6.07) is 24.1. The number of nitrogens with zero attached hydrogens (tertiary/aromatic N) is 1. The summed E-state index contributed by atoms with van der Waals surface area (Å²) in [6.07, 6.45) is 9.39. The fraction of sp³-hybridized carbons (Fsp3) is 0.355. The molecule has 1 N–H and O–H groups in total. The molecule has 0 bridgehead atoms. The van der Waals surface area contributed by atoms with Crippen molar-refractivity contribution in [1.82, 2.24) is 10.2 Å².